The molecule has 0 aliphatic carbocycles. The molecule has 3 nitrogen and oxygen atoms in total. The SMILES string of the molecule is O=C1NCC/C1=C\c1cccc(Oc2ccccc2)c1. The van der Waals surface area contributed by atoms with Crippen LogP contribution in [0.15, 0.2) is 60.2 Å². The molecule has 0 atom stereocenters. The van der Waals surface area contributed by atoms with Gasteiger partial charge >= 0.3 is 0 Å². The Morgan fingerprint density at radius 3 is 2.55 bits per heavy atom. The number of para-hydroxylation sites is 1. The van der Waals surface area contributed by atoms with E-state index in [9.17, 15) is 4.79 Å². The Hall–Kier alpha value is -2.55. The highest BCUT2D eigenvalue weighted by Crippen LogP contribution is 2.23. The molecule has 1 saturated heterocycles. The standard InChI is InChI=1S/C17H15NO2/c19-17-14(9-10-18-17)11-13-5-4-8-16(12-13)20-15-6-2-1-3-7-15/h1-8,11-12H,9-10H2,(H,18,19)/b14-11+. The van der Waals surface area contributed by atoms with E-state index >= 15 is 0 Å². The van der Waals surface area contributed by atoms with Crippen LogP contribution in [0.1, 0.15) is 12.0 Å². The molecule has 0 saturated carbocycles. The van der Waals surface area contributed by atoms with Crippen molar-refractivity contribution in [2.75, 3.05) is 6.54 Å². The van der Waals surface area contributed by atoms with Gasteiger partial charge < -0.3 is 10.1 Å². The summed E-state index contributed by atoms with van der Waals surface area (Å²) in [6.07, 6.45) is 2.70. The van der Waals surface area contributed by atoms with Crippen LogP contribution in [0.25, 0.3) is 6.08 Å². The molecule has 100 valence electrons. The van der Waals surface area contributed by atoms with Gasteiger partial charge in [-0.2, -0.15) is 0 Å². The lowest BCUT2D eigenvalue weighted by Crippen LogP contribution is -2.13. The number of carbonyl (C=O) groups is 1. The predicted molar refractivity (Wildman–Crippen MR) is 78.6 cm³/mol. The Morgan fingerprint density at radius 2 is 1.80 bits per heavy atom. The number of benzene rings is 2. The summed E-state index contributed by atoms with van der Waals surface area (Å²) in [5.41, 5.74) is 1.80. The molecule has 1 aliphatic heterocycles. The maximum absolute atomic E-state index is 11.5. The highest BCUT2D eigenvalue weighted by molar-refractivity contribution is 5.99. The normalized spacial score (nSPS) is 16.2. The molecular formula is C17H15NO2. The number of ether oxygens (including phenoxy) is 1. The molecule has 1 N–H and O–H groups in total. The van der Waals surface area contributed by atoms with Gasteiger partial charge in [-0.3, -0.25) is 4.79 Å². The second kappa shape index (κ2) is 5.61. The summed E-state index contributed by atoms with van der Waals surface area (Å²) < 4.78 is 5.78. The highest BCUT2D eigenvalue weighted by Gasteiger charge is 2.15. The van der Waals surface area contributed by atoms with Crippen LogP contribution in [0.3, 0.4) is 0 Å². The van der Waals surface area contributed by atoms with Crippen molar-refractivity contribution in [3.63, 3.8) is 0 Å². The molecule has 0 aromatic heterocycles. The van der Waals surface area contributed by atoms with E-state index in [-0.39, 0.29) is 5.91 Å². The number of nitrogens with one attached hydrogen (secondary N) is 1. The van der Waals surface area contributed by atoms with E-state index in [2.05, 4.69) is 5.32 Å². The second-order valence-electron chi connectivity index (χ2n) is 4.66. The van der Waals surface area contributed by atoms with Crippen molar-refractivity contribution in [2.24, 2.45) is 0 Å². The van der Waals surface area contributed by atoms with Crippen LogP contribution in [0.2, 0.25) is 0 Å². The first-order chi connectivity index (χ1) is 9.81. The van der Waals surface area contributed by atoms with Crippen molar-refractivity contribution in [1.82, 2.24) is 5.32 Å². The van der Waals surface area contributed by atoms with Crippen molar-refractivity contribution in [2.45, 2.75) is 6.42 Å². The summed E-state index contributed by atoms with van der Waals surface area (Å²) >= 11 is 0. The van der Waals surface area contributed by atoms with Crippen LogP contribution < -0.4 is 10.1 Å². The fourth-order valence-electron chi connectivity index (χ4n) is 2.17. The van der Waals surface area contributed by atoms with Gasteiger partial charge in [0.1, 0.15) is 11.5 Å². The van der Waals surface area contributed by atoms with Crippen LogP contribution in [0, 0.1) is 0 Å². The Balaban J connectivity index is 1.81. The van der Waals surface area contributed by atoms with Gasteiger partial charge in [0, 0.05) is 12.1 Å². The largest absolute Gasteiger partial charge is 0.457 e. The molecule has 1 heterocycles. The summed E-state index contributed by atoms with van der Waals surface area (Å²) in [4.78, 5) is 11.5. The van der Waals surface area contributed by atoms with Crippen molar-refractivity contribution >= 4 is 12.0 Å². The lowest BCUT2D eigenvalue weighted by Gasteiger charge is -2.06. The summed E-state index contributed by atoms with van der Waals surface area (Å²) in [7, 11) is 0. The molecule has 3 rings (SSSR count). The molecule has 0 spiro atoms. The van der Waals surface area contributed by atoms with Gasteiger partial charge in [0.05, 0.1) is 0 Å². The van der Waals surface area contributed by atoms with Crippen LogP contribution in [-0.4, -0.2) is 12.5 Å². The summed E-state index contributed by atoms with van der Waals surface area (Å²) in [6, 6.07) is 17.4. The van der Waals surface area contributed by atoms with Crippen LogP contribution in [0.4, 0.5) is 0 Å². The predicted octanol–water partition coefficient (Wildman–Crippen LogP) is 3.38. The minimum Gasteiger partial charge on any atom is -0.457 e. The zero-order valence-corrected chi connectivity index (χ0v) is 11.0. The first-order valence-corrected chi connectivity index (χ1v) is 6.63. The lowest BCUT2D eigenvalue weighted by molar-refractivity contribution is -0.116. The monoisotopic (exact) mass is 265 g/mol. The highest BCUT2D eigenvalue weighted by atomic mass is 16.5. The molecule has 1 fully saturated rings. The Morgan fingerprint density at radius 1 is 1.00 bits per heavy atom. The zero-order valence-electron chi connectivity index (χ0n) is 11.0. The average Bonchev–Trinajstić information content (AvgIpc) is 2.86. The number of rotatable bonds is 3. The van der Waals surface area contributed by atoms with E-state index in [0.29, 0.717) is 0 Å². The first-order valence-electron chi connectivity index (χ1n) is 6.63. The van der Waals surface area contributed by atoms with E-state index in [0.717, 1.165) is 35.6 Å². The molecule has 0 radical (unpaired) electrons. The molecular weight excluding hydrogens is 250 g/mol. The number of amides is 1. The van der Waals surface area contributed by atoms with Gasteiger partial charge in [-0.05, 0) is 42.3 Å². The number of hydrogen-bond donors (Lipinski definition) is 1. The summed E-state index contributed by atoms with van der Waals surface area (Å²) in [5.74, 6) is 1.60. The van der Waals surface area contributed by atoms with E-state index < -0.39 is 0 Å². The number of carbonyl (C=O) groups excluding carboxylic acids is 1. The smallest absolute Gasteiger partial charge is 0.247 e. The minimum atomic E-state index is 0.0272. The van der Waals surface area contributed by atoms with Gasteiger partial charge in [0.2, 0.25) is 5.91 Å². The molecule has 2 aromatic rings. The third-order valence-corrected chi connectivity index (χ3v) is 3.15. The topological polar surface area (TPSA) is 38.3 Å². The fraction of sp³-hybridized carbons (Fsp3) is 0.118. The Kier molecular flexibility index (Phi) is 3.50. The molecule has 20 heavy (non-hydrogen) atoms. The van der Waals surface area contributed by atoms with Gasteiger partial charge in [-0.25, -0.2) is 0 Å². The molecule has 2 aromatic carbocycles. The van der Waals surface area contributed by atoms with Crippen molar-refractivity contribution in [3.8, 4) is 11.5 Å². The molecule has 1 aliphatic rings. The summed E-state index contributed by atoms with van der Waals surface area (Å²) in [5, 5.41) is 2.81. The molecule has 0 bridgehead atoms. The molecule has 3 heteroatoms. The second-order valence-corrected chi connectivity index (χ2v) is 4.66. The van der Waals surface area contributed by atoms with Gasteiger partial charge in [-0.1, -0.05) is 30.3 Å². The van der Waals surface area contributed by atoms with Crippen molar-refractivity contribution in [3.05, 3.63) is 65.7 Å². The van der Waals surface area contributed by atoms with Crippen molar-refractivity contribution < 1.29 is 9.53 Å². The van der Waals surface area contributed by atoms with Crippen LogP contribution in [0.5, 0.6) is 11.5 Å². The maximum Gasteiger partial charge on any atom is 0.247 e. The number of hydrogen-bond acceptors (Lipinski definition) is 2. The van der Waals surface area contributed by atoms with E-state index in [4.69, 9.17) is 4.74 Å². The maximum atomic E-state index is 11.5. The Bertz CT molecular complexity index is 647. The third kappa shape index (κ3) is 2.88. The summed E-state index contributed by atoms with van der Waals surface area (Å²) in [6.45, 7) is 0.727. The first kappa shape index (κ1) is 12.5. The zero-order chi connectivity index (χ0) is 13.8. The van der Waals surface area contributed by atoms with Crippen molar-refractivity contribution in [1.29, 1.82) is 0 Å². The third-order valence-electron chi connectivity index (χ3n) is 3.15. The molecule has 1 amide bonds. The lowest BCUT2D eigenvalue weighted by atomic mass is 10.1. The van der Waals surface area contributed by atoms with Gasteiger partial charge in [0.15, 0.2) is 0 Å². The van der Waals surface area contributed by atoms with E-state index in [1.807, 2.05) is 60.7 Å². The Labute approximate surface area is 117 Å². The molecule has 0 unspecified atom stereocenters. The van der Waals surface area contributed by atoms with Crippen LogP contribution in [-0.2, 0) is 4.79 Å². The van der Waals surface area contributed by atoms with E-state index in [1.165, 1.54) is 0 Å². The fourth-order valence-corrected chi connectivity index (χ4v) is 2.17. The van der Waals surface area contributed by atoms with E-state index in [1.54, 1.807) is 0 Å². The minimum absolute atomic E-state index is 0.0272. The quantitative estimate of drug-likeness (QED) is 0.864. The van der Waals surface area contributed by atoms with Crippen LogP contribution >= 0.6 is 0 Å². The van der Waals surface area contributed by atoms with Gasteiger partial charge in [-0.15, -0.1) is 0 Å². The average molecular weight is 265 g/mol. The van der Waals surface area contributed by atoms with Gasteiger partial charge in [0.25, 0.3) is 0 Å².